The molecule has 1 aliphatic rings. The highest BCUT2D eigenvalue weighted by molar-refractivity contribution is 7.89. The summed E-state index contributed by atoms with van der Waals surface area (Å²) in [5.41, 5.74) is 0. The van der Waals surface area contributed by atoms with Gasteiger partial charge in [0.2, 0.25) is 15.9 Å². The molecule has 26 heavy (non-hydrogen) atoms. The van der Waals surface area contributed by atoms with Crippen LogP contribution in [0.15, 0.2) is 45.9 Å². The van der Waals surface area contributed by atoms with Crippen molar-refractivity contribution in [1.29, 1.82) is 0 Å². The van der Waals surface area contributed by atoms with Gasteiger partial charge >= 0.3 is 0 Å². The Hall–Kier alpha value is -2.52. The van der Waals surface area contributed by atoms with E-state index in [2.05, 4.69) is 0 Å². The minimum absolute atomic E-state index is 0.0277. The van der Waals surface area contributed by atoms with E-state index in [4.69, 9.17) is 13.9 Å². The number of fused-ring (bicyclic) bond motifs is 1. The summed E-state index contributed by atoms with van der Waals surface area (Å²) < 4.78 is 43.5. The number of carbonyl (C=O) groups is 1. The molecule has 0 spiro atoms. The summed E-state index contributed by atoms with van der Waals surface area (Å²) in [5.74, 6) is 0.974. The van der Waals surface area contributed by atoms with Gasteiger partial charge in [-0.2, -0.15) is 4.31 Å². The average Bonchev–Trinajstić information content (AvgIpc) is 3.13. The van der Waals surface area contributed by atoms with Gasteiger partial charge in [-0.05, 0) is 24.3 Å². The summed E-state index contributed by atoms with van der Waals surface area (Å²) in [4.78, 5) is 13.5. The van der Waals surface area contributed by atoms with E-state index in [0.717, 1.165) is 4.31 Å². The van der Waals surface area contributed by atoms with E-state index in [1.807, 2.05) is 0 Å². The topological polar surface area (TPSA) is 89.3 Å². The first-order valence-electron chi connectivity index (χ1n) is 8.00. The highest BCUT2D eigenvalue weighted by Crippen LogP contribution is 2.33. The standard InChI is InChI=1S/C17H20N2O6S/c1-18(2)17(20)12-19(11-13-4-3-7-23-13)26(21,22)14-5-6-15-16(10-14)25-9-8-24-15/h3-7,10H,8-9,11-12H2,1-2H3. The number of furan rings is 1. The Labute approximate surface area is 152 Å². The van der Waals surface area contributed by atoms with Crippen molar-refractivity contribution in [3.8, 4) is 11.5 Å². The molecule has 140 valence electrons. The van der Waals surface area contributed by atoms with Gasteiger partial charge in [0.05, 0.1) is 24.2 Å². The van der Waals surface area contributed by atoms with Crippen molar-refractivity contribution >= 4 is 15.9 Å². The molecule has 0 radical (unpaired) electrons. The van der Waals surface area contributed by atoms with Crippen molar-refractivity contribution in [3.63, 3.8) is 0 Å². The number of rotatable bonds is 6. The number of benzene rings is 1. The molecule has 2 aromatic rings. The van der Waals surface area contributed by atoms with Crippen LogP contribution in [0.5, 0.6) is 11.5 Å². The second-order valence-electron chi connectivity index (χ2n) is 5.95. The van der Waals surface area contributed by atoms with Crippen molar-refractivity contribution in [2.45, 2.75) is 11.4 Å². The fourth-order valence-electron chi connectivity index (χ4n) is 2.43. The van der Waals surface area contributed by atoms with Crippen LogP contribution in [0.25, 0.3) is 0 Å². The maximum absolute atomic E-state index is 13.1. The van der Waals surface area contributed by atoms with Crippen LogP contribution in [0, 0.1) is 0 Å². The lowest BCUT2D eigenvalue weighted by atomic mass is 10.3. The van der Waals surface area contributed by atoms with Gasteiger partial charge < -0.3 is 18.8 Å². The van der Waals surface area contributed by atoms with Gasteiger partial charge in [0, 0.05) is 20.2 Å². The second kappa shape index (κ2) is 7.38. The number of amides is 1. The molecule has 0 saturated carbocycles. The molecule has 0 aliphatic carbocycles. The van der Waals surface area contributed by atoms with E-state index in [0.29, 0.717) is 30.5 Å². The van der Waals surface area contributed by atoms with Gasteiger partial charge in [0.1, 0.15) is 19.0 Å². The molecule has 0 atom stereocenters. The van der Waals surface area contributed by atoms with E-state index < -0.39 is 10.0 Å². The molecule has 0 bridgehead atoms. The first-order chi connectivity index (χ1) is 12.4. The van der Waals surface area contributed by atoms with Crippen molar-refractivity contribution in [3.05, 3.63) is 42.4 Å². The van der Waals surface area contributed by atoms with Crippen LogP contribution in [0.2, 0.25) is 0 Å². The number of carbonyl (C=O) groups excluding carboxylic acids is 1. The number of likely N-dealkylation sites (N-methyl/N-ethyl adjacent to an activating group) is 1. The predicted octanol–water partition coefficient (Wildman–Crippen LogP) is 1.33. The molecule has 0 saturated heterocycles. The van der Waals surface area contributed by atoms with Crippen LogP contribution in [-0.2, 0) is 21.4 Å². The van der Waals surface area contributed by atoms with E-state index >= 15 is 0 Å². The lowest BCUT2D eigenvalue weighted by Gasteiger charge is -2.24. The van der Waals surface area contributed by atoms with Gasteiger partial charge in [-0.25, -0.2) is 8.42 Å². The van der Waals surface area contributed by atoms with Crippen molar-refractivity contribution in [2.75, 3.05) is 33.9 Å². The molecule has 0 N–H and O–H groups in total. The Balaban J connectivity index is 1.93. The Kier molecular flexibility index (Phi) is 5.19. The minimum atomic E-state index is -3.95. The molecule has 0 fully saturated rings. The van der Waals surface area contributed by atoms with Crippen molar-refractivity contribution < 1.29 is 27.1 Å². The van der Waals surface area contributed by atoms with Crippen LogP contribution in [0.1, 0.15) is 5.76 Å². The summed E-state index contributed by atoms with van der Waals surface area (Å²) in [6.07, 6.45) is 1.46. The average molecular weight is 380 g/mol. The third-order valence-corrected chi connectivity index (χ3v) is 5.66. The lowest BCUT2D eigenvalue weighted by Crippen LogP contribution is -2.39. The number of ether oxygens (including phenoxy) is 2. The molecule has 1 amide bonds. The number of hydrogen-bond donors (Lipinski definition) is 0. The summed E-state index contributed by atoms with van der Waals surface area (Å²) in [5, 5.41) is 0. The van der Waals surface area contributed by atoms with Crippen molar-refractivity contribution in [1.82, 2.24) is 9.21 Å². The SMILES string of the molecule is CN(C)C(=O)CN(Cc1ccco1)S(=O)(=O)c1ccc2c(c1)OCCO2. The third kappa shape index (κ3) is 3.83. The highest BCUT2D eigenvalue weighted by atomic mass is 32.2. The Morgan fingerprint density at radius 3 is 2.50 bits per heavy atom. The number of hydrogen-bond acceptors (Lipinski definition) is 6. The Bertz CT molecular complexity index is 877. The maximum Gasteiger partial charge on any atom is 0.244 e. The Morgan fingerprint density at radius 2 is 1.85 bits per heavy atom. The molecule has 9 heteroatoms. The first-order valence-corrected chi connectivity index (χ1v) is 9.44. The molecule has 1 aliphatic heterocycles. The summed E-state index contributed by atoms with van der Waals surface area (Å²) in [6, 6.07) is 7.74. The van der Waals surface area contributed by atoms with Crippen LogP contribution in [-0.4, -0.2) is 57.4 Å². The van der Waals surface area contributed by atoms with Crippen LogP contribution < -0.4 is 9.47 Å². The second-order valence-corrected chi connectivity index (χ2v) is 7.88. The zero-order chi connectivity index (χ0) is 18.7. The van der Waals surface area contributed by atoms with E-state index in [-0.39, 0.29) is 23.9 Å². The highest BCUT2D eigenvalue weighted by Gasteiger charge is 2.29. The minimum Gasteiger partial charge on any atom is -0.486 e. The monoisotopic (exact) mass is 380 g/mol. The van der Waals surface area contributed by atoms with Crippen LogP contribution in [0.3, 0.4) is 0 Å². The summed E-state index contributed by atoms with van der Waals surface area (Å²) >= 11 is 0. The summed E-state index contributed by atoms with van der Waals surface area (Å²) in [6.45, 7) is 0.417. The van der Waals surface area contributed by atoms with Gasteiger partial charge in [-0.1, -0.05) is 0 Å². The first kappa shape index (κ1) is 18.3. The predicted molar refractivity (Wildman–Crippen MR) is 92.4 cm³/mol. The Morgan fingerprint density at radius 1 is 1.12 bits per heavy atom. The molecule has 2 heterocycles. The quantitative estimate of drug-likeness (QED) is 0.751. The van der Waals surface area contributed by atoms with E-state index in [1.54, 1.807) is 32.3 Å². The van der Waals surface area contributed by atoms with Crippen LogP contribution >= 0.6 is 0 Å². The molecule has 3 rings (SSSR count). The van der Waals surface area contributed by atoms with Gasteiger partial charge in [0.15, 0.2) is 11.5 Å². The van der Waals surface area contributed by atoms with Gasteiger partial charge in [0.25, 0.3) is 0 Å². The lowest BCUT2D eigenvalue weighted by molar-refractivity contribution is -0.129. The molecular formula is C17H20N2O6S. The zero-order valence-electron chi connectivity index (χ0n) is 14.5. The summed E-state index contributed by atoms with van der Waals surface area (Å²) in [7, 11) is -0.802. The fraction of sp³-hybridized carbons (Fsp3) is 0.353. The molecule has 8 nitrogen and oxygen atoms in total. The number of sulfonamides is 1. The third-order valence-electron chi connectivity index (χ3n) is 3.87. The molecule has 1 aromatic carbocycles. The van der Waals surface area contributed by atoms with Crippen molar-refractivity contribution in [2.24, 2.45) is 0 Å². The van der Waals surface area contributed by atoms with Crippen LogP contribution in [0.4, 0.5) is 0 Å². The number of nitrogens with zero attached hydrogens (tertiary/aromatic N) is 2. The van der Waals surface area contributed by atoms with Gasteiger partial charge in [-0.3, -0.25) is 4.79 Å². The molecule has 1 aromatic heterocycles. The van der Waals surface area contributed by atoms with Gasteiger partial charge in [-0.15, -0.1) is 0 Å². The zero-order valence-corrected chi connectivity index (χ0v) is 15.4. The maximum atomic E-state index is 13.1. The normalized spacial score (nSPS) is 13.7. The molecule has 0 unspecified atom stereocenters. The molecular weight excluding hydrogens is 360 g/mol. The fourth-order valence-corrected chi connectivity index (χ4v) is 3.80. The van der Waals surface area contributed by atoms with E-state index in [9.17, 15) is 13.2 Å². The largest absolute Gasteiger partial charge is 0.486 e. The smallest absolute Gasteiger partial charge is 0.244 e. The van der Waals surface area contributed by atoms with E-state index in [1.165, 1.54) is 23.3 Å².